The molecule has 16 heavy (non-hydrogen) atoms. The number of ether oxygens (including phenoxy) is 2. The standard InChI is InChI=1S/C11H18N2O3/c1-4-5-13-7-10(6-12-13)15-8-11(14)16-9(2)3/h6-7,9H,4-5,8H2,1-3H3. The molecule has 0 saturated carbocycles. The summed E-state index contributed by atoms with van der Waals surface area (Å²) in [5.41, 5.74) is 0. The second-order valence-corrected chi connectivity index (χ2v) is 3.77. The smallest absolute Gasteiger partial charge is 0.344 e. The van der Waals surface area contributed by atoms with E-state index in [0.717, 1.165) is 13.0 Å². The normalized spacial score (nSPS) is 10.5. The van der Waals surface area contributed by atoms with Crippen molar-refractivity contribution in [2.75, 3.05) is 6.61 Å². The molecule has 0 N–H and O–H groups in total. The van der Waals surface area contributed by atoms with Crippen LogP contribution in [0.3, 0.4) is 0 Å². The lowest BCUT2D eigenvalue weighted by Crippen LogP contribution is -2.18. The highest BCUT2D eigenvalue weighted by molar-refractivity contribution is 5.71. The summed E-state index contributed by atoms with van der Waals surface area (Å²) >= 11 is 0. The summed E-state index contributed by atoms with van der Waals surface area (Å²) in [5.74, 6) is 0.229. The largest absolute Gasteiger partial charge is 0.479 e. The van der Waals surface area contributed by atoms with Crippen molar-refractivity contribution in [3.8, 4) is 5.75 Å². The SMILES string of the molecule is CCCn1cc(OCC(=O)OC(C)C)cn1. The summed E-state index contributed by atoms with van der Waals surface area (Å²) < 4.78 is 12.0. The molecule has 0 bridgehead atoms. The number of hydrogen-bond acceptors (Lipinski definition) is 4. The number of carbonyl (C=O) groups excluding carboxylic acids is 1. The van der Waals surface area contributed by atoms with Crippen LogP contribution in [0.2, 0.25) is 0 Å². The van der Waals surface area contributed by atoms with Gasteiger partial charge in [-0.05, 0) is 20.3 Å². The number of carbonyl (C=O) groups is 1. The van der Waals surface area contributed by atoms with Crippen molar-refractivity contribution < 1.29 is 14.3 Å². The summed E-state index contributed by atoms with van der Waals surface area (Å²) in [6.45, 7) is 6.45. The summed E-state index contributed by atoms with van der Waals surface area (Å²) in [5, 5.41) is 4.08. The zero-order valence-electron chi connectivity index (χ0n) is 9.97. The van der Waals surface area contributed by atoms with Crippen molar-refractivity contribution in [3.05, 3.63) is 12.4 Å². The first-order valence-corrected chi connectivity index (χ1v) is 5.46. The third-order valence-corrected chi connectivity index (χ3v) is 1.79. The van der Waals surface area contributed by atoms with Gasteiger partial charge in [0, 0.05) is 6.54 Å². The molecule has 0 saturated heterocycles. The average Bonchev–Trinajstić information content (AvgIpc) is 2.62. The minimum atomic E-state index is -0.363. The number of hydrogen-bond donors (Lipinski definition) is 0. The van der Waals surface area contributed by atoms with E-state index >= 15 is 0 Å². The third kappa shape index (κ3) is 4.33. The van der Waals surface area contributed by atoms with Crippen LogP contribution in [0.25, 0.3) is 0 Å². The van der Waals surface area contributed by atoms with Gasteiger partial charge in [-0.25, -0.2) is 4.79 Å². The maximum atomic E-state index is 11.2. The Hall–Kier alpha value is -1.52. The van der Waals surface area contributed by atoms with Gasteiger partial charge in [0.25, 0.3) is 0 Å². The molecule has 5 nitrogen and oxygen atoms in total. The van der Waals surface area contributed by atoms with Gasteiger partial charge >= 0.3 is 5.97 Å². The van der Waals surface area contributed by atoms with Crippen LogP contribution in [0.5, 0.6) is 5.75 Å². The van der Waals surface area contributed by atoms with Crippen LogP contribution < -0.4 is 4.74 Å². The van der Waals surface area contributed by atoms with Crippen molar-refractivity contribution >= 4 is 5.97 Å². The molecule has 0 amide bonds. The predicted octanol–water partition coefficient (Wildman–Crippen LogP) is 1.62. The minimum Gasteiger partial charge on any atom is -0.479 e. The fraction of sp³-hybridized carbons (Fsp3) is 0.636. The van der Waals surface area contributed by atoms with Crippen molar-refractivity contribution in [3.63, 3.8) is 0 Å². The Labute approximate surface area is 95.3 Å². The molecule has 5 heteroatoms. The van der Waals surface area contributed by atoms with E-state index < -0.39 is 0 Å². The molecule has 0 spiro atoms. The second-order valence-electron chi connectivity index (χ2n) is 3.77. The lowest BCUT2D eigenvalue weighted by Gasteiger charge is -2.07. The van der Waals surface area contributed by atoms with Gasteiger partial charge < -0.3 is 9.47 Å². The van der Waals surface area contributed by atoms with Crippen LogP contribution in [-0.2, 0) is 16.1 Å². The molecule has 0 aliphatic rings. The lowest BCUT2D eigenvalue weighted by molar-refractivity contribution is -0.149. The second kappa shape index (κ2) is 6.15. The van der Waals surface area contributed by atoms with Gasteiger partial charge in [0.1, 0.15) is 0 Å². The van der Waals surface area contributed by atoms with Crippen LogP contribution in [0, 0.1) is 0 Å². The van der Waals surface area contributed by atoms with Crippen molar-refractivity contribution in [2.24, 2.45) is 0 Å². The Kier molecular flexibility index (Phi) is 4.82. The Morgan fingerprint density at radius 2 is 2.31 bits per heavy atom. The summed E-state index contributed by atoms with van der Waals surface area (Å²) in [6, 6.07) is 0. The third-order valence-electron chi connectivity index (χ3n) is 1.79. The Morgan fingerprint density at radius 3 is 2.94 bits per heavy atom. The number of rotatable bonds is 6. The van der Waals surface area contributed by atoms with Gasteiger partial charge in [-0.1, -0.05) is 6.92 Å². The molecular weight excluding hydrogens is 208 g/mol. The molecule has 0 fully saturated rings. The number of nitrogens with zero attached hydrogens (tertiary/aromatic N) is 2. The Bertz CT molecular complexity index is 334. The first-order valence-electron chi connectivity index (χ1n) is 5.46. The van der Waals surface area contributed by atoms with Crippen LogP contribution in [0.15, 0.2) is 12.4 Å². The summed E-state index contributed by atoms with van der Waals surface area (Å²) in [6.07, 6.45) is 4.26. The van der Waals surface area contributed by atoms with E-state index in [1.54, 1.807) is 30.9 Å². The van der Waals surface area contributed by atoms with Gasteiger partial charge in [0.2, 0.25) is 0 Å². The van der Waals surface area contributed by atoms with Gasteiger partial charge in [-0.15, -0.1) is 0 Å². The van der Waals surface area contributed by atoms with Crippen LogP contribution in [-0.4, -0.2) is 28.5 Å². The quantitative estimate of drug-likeness (QED) is 0.692. The summed E-state index contributed by atoms with van der Waals surface area (Å²) in [7, 11) is 0. The van der Waals surface area contributed by atoms with Crippen LogP contribution in [0.1, 0.15) is 27.2 Å². The fourth-order valence-electron chi connectivity index (χ4n) is 1.21. The van der Waals surface area contributed by atoms with E-state index in [4.69, 9.17) is 9.47 Å². The van der Waals surface area contributed by atoms with Gasteiger partial charge in [0.15, 0.2) is 12.4 Å². The highest BCUT2D eigenvalue weighted by atomic mass is 16.6. The van der Waals surface area contributed by atoms with Gasteiger partial charge in [-0.2, -0.15) is 5.10 Å². The monoisotopic (exact) mass is 226 g/mol. The molecule has 0 atom stereocenters. The zero-order chi connectivity index (χ0) is 12.0. The maximum Gasteiger partial charge on any atom is 0.344 e. The van der Waals surface area contributed by atoms with E-state index in [1.807, 2.05) is 0 Å². The van der Waals surface area contributed by atoms with E-state index in [2.05, 4.69) is 12.0 Å². The van der Waals surface area contributed by atoms with Crippen molar-refractivity contribution in [1.29, 1.82) is 0 Å². The zero-order valence-corrected chi connectivity index (χ0v) is 9.97. The average molecular weight is 226 g/mol. The van der Waals surface area contributed by atoms with Gasteiger partial charge in [0.05, 0.1) is 18.5 Å². The van der Waals surface area contributed by atoms with E-state index in [-0.39, 0.29) is 18.7 Å². The highest BCUT2D eigenvalue weighted by Crippen LogP contribution is 2.08. The molecule has 0 aromatic carbocycles. The number of aryl methyl sites for hydroxylation is 1. The molecule has 1 aromatic rings. The molecule has 90 valence electrons. The minimum absolute atomic E-state index is 0.0734. The van der Waals surface area contributed by atoms with Crippen molar-refractivity contribution in [1.82, 2.24) is 9.78 Å². The lowest BCUT2D eigenvalue weighted by atomic mass is 10.5. The molecule has 0 aliphatic heterocycles. The molecule has 0 unspecified atom stereocenters. The first-order chi connectivity index (χ1) is 7.61. The highest BCUT2D eigenvalue weighted by Gasteiger charge is 2.07. The van der Waals surface area contributed by atoms with Crippen LogP contribution >= 0.6 is 0 Å². The molecule has 1 rings (SSSR count). The maximum absolute atomic E-state index is 11.2. The molecule has 1 aromatic heterocycles. The molecule has 0 aliphatic carbocycles. The van der Waals surface area contributed by atoms with E-state index in [1.165, 1.54) is 0 Å². The van der Waals surface area contributed by atoms with Gasteiger partial charge in [-0.3, -0.25) is 4.68 Å². The molecule has 1 heterocycles. The Morgan fingerprint density at radius 1 is 1.56 bits per heavy atom. The Balaban J connectivity index is 2.33. The van der Waals surface area contributed by atoms with E-state index in [0.29, 0.717) is 5.75 Å². The summed E-state index contributed by atoms with van der Waals surface area (Å²) in [4.78, 5) is 11.2. The van der Waals surface area contributed by atoms with Crippen LogP contribution in [0.4, 0.5) is 0 Å². The number of esters is 1. The topological polar surface area (TPSA) is 53.4 Å². The molecular formula is C11H18N2O3. The number of aromatic nitrogens is 2. The van der Waals surface area contributed by atoms with Crippen molar-refractivity contribution in [2.45, 2.75) is 39.8 Å². The van der Waals surface area contributed by atoms with E-state index in [9.17, 15) is 4.79 Å². The predicted molar refractivity (Wildman–Crippen MR) is 59.2 cm³/mol. The first kappa shape index (κ1) is 12.5. The fourth-order valence-corrected chi connectivity index (χ4v) is 1.21. The molecule has 0 radical (unpaired) electrons.